The number of rotatable bonds is 3. The lowest BCUT2D eigenvalue weighted by Crippen LogP contribution is -2.36. The maximum Gasteiger partial charge on any atom is 0.257 e. The largest absolute Gasteiger partial charge is 0.484 e. The van der Waals surface area contributed by atoms with E-state index >= 15 is 0 Å². The monoisotopic (exact) mass is 353 g/mol. The molecule has 1 saturated heterocycles. The van der Waals surface area contributed by atoms with Gasteiger partial charge in [0.15, 0.2) is 5.75 Å². The van der Waals surface area contributed by atoms with E-state index in [1.165, 1.54) is 18.4 Å². The van der Waals surface area contributed by atoms with Crippen molar-refractivity contribution in [3.05, 3.63) is 46.9 Å². The summed E-state index contributed by atoms with van der Waals surface area (Å²) in [6, 6.07) is 8.81. The molecular weight excluding hydrogens is 326 g/mol. The molecule has 0 radical (unpaired) electrons. The van der Waals surface area contributed by atoms with Crippen LogP contribution in [0.2, 0.25) is 0 Å². The summed E-state index contributed by atoms with van der Waals surface area (Å²) in [5.74, 6) is 1.95. The third-order valence-corrected chi connectivity index (χ3v) is 5.43. The van der Waals surface area contributed by atoms with Crippen LogP contribution in [-0.4, -0.2) is 41.2 Å². The van der Waals surface area contributed by atoms with Crippen molar-refractivity contribution in [2.45, 2.75) is 45.6 Å². The van der Waals surface area contributed by atoms with Crippen LogP contribution in [0.5, 0.6) is 11.6 Å². The van der Waals surface area contributed by atoms with Crippen molar-refractivity contribution in [2.75, 3.05) is 26.3 Å². The summed E-state index contributed by atoms with van der Waals surface area (Å²) in [5, 5.41) is 0. The first-order chi connectivity index (χ1) is 12.6. The van der Waals surface area contributed by atoms with Gasteiger partial charge in [-0.05, 0) is 75.9 Å². The molecule has 1 fully saturated rings. The van der Waals surface area contributed by atoms with Crippen molar-refractivity contribution < 1.29 is 9.47 Å². The SMILES string of the molecule is Cc1cc([C@@H]2CCCN(C(C)c3ccc4c(n3)OCCO4)C2)cc(C)n1. The fourth-order valence-corrected chi connectivity index (χ4v) is 4.10. The molecular formula is C21H27N3O2. The lowest BCUT2D eigenvalue weighted by molar-refractivity contribution is 0.147. The number of likely N-dealkylation sites (tertiary alicyclic amines) is 1. The van der Waals surface area contributed by atoms with Crippen LogP contribution in [0.4, 0.5) is 0 Å². The van der Waals surface area contributed by atoms with E-state index in [9.17, 15) is 0 Å². The number of piperidine rings is 1. The van der Waals surface area contributed by atoms with Crippen LogP contribution in [-0.2, 0) is 0 Å². The summed E-state index contributed by atoms with van der Waals surface area (Å²) >= 11 is 0. The van der Waals surface area contributed by atoms with Crippen LogP contribution in [0.1, 0.15) is 54.4 Å². The van der Waals surface area contributed by atoms with E-state index in [4.69, 9.17) is 14.5 Å². The summed E-state index contributed by atoms with van der Waals surface area (Å²) < 4.78 is 11.3. The molecule has 26 heavy (non-hydrogen) atoms. The van der Waals surface area contributed by atoms with Crippen LogP contribution >= 0.6 is 0 Å². The average Bonchev–Trinajstić information content (AvgIpc) is 2.66. The molecule has 0 spiro atoms. The summed E-state index contributed by atoms with van der Waals surface area (Å²) in [5.41, 5.74) is 4.69. The zero-order valence-electron chi connectivity index (χ0n) is 15.9. The first-order valence-electron chi connectivity index (χ1n) is 9.56. The second kappa shape index (κ2) is 7.23. The molecule has 5 heteroatoms. The molecule has 138 valence electrons. The highest BCUT2D eigenvalue weighted by atomic mass is 16.6. The smallest absolute Gasteiger partial charge is 0.257 e. The number of pyridine rings is 2. The van der Waals surface area contributed by atoms with E-state index in [0.29, 0.717) is 25.0 Å². The molecule has 0 bridgehead atoms. The molecule has 0 N–H and O–H groups in total. The van der Waals surface area contributed by atoms with E-state index in [0.717, 1.165) is 35.9 Å². The van der Waals surface area contributed by atoms with Crippen molar-refractivity contribution in [1.82, 2.24) is 14.9 Å². The quantitative estimate of drug-likeness (QED) is 0.840. The van der Waals surface area contributed by atoms with E-state index < -0.39 is 0 Å². The summed E-state index contributed by atoms with van der Waals surface area (Å²) in [6.07, 6.45) is 2.45. The van der Waals surface area contributed by atoms with Crippen LogP contribution < -0.4 is 9.47 Å². The van der Waals surface area contributed by atoms with E-state index in [1.54, 1.807) is 0 Å². The Bertz CT molecular complexity index is 773. The van der Waals surface area contributed by atoms with E-state index in [1.807, 2.05) is 6.07 Å². The van der Waals surface area contributed by atoms with Gasteiger partial charge in [-0.2, -0.15) is 0 Å². The Morgan fingerprint density at radius 1 is 1.08 bits per heavy atom. The van der Waals surface area contributed by atoms with E-state index in [-0.39, 0.29) is 6.04 Å². The normalized spacial score (nSPS) is 21.4. The van der Waals surface area contributed by atoms with Crippen LogP contribution in [0, 0.1) is 13.8 Å². The second-order valence-electron chi connectivity index (χ2n) is 7.43. The fourth-order valence-electron chi connectivity index (χ4n) is 4.10. The fraction of sp³-hybridized carbons (Fsp3) is 0.524. The molecule has 2 aromatic rings. The molecule has 5 nitrogen and oxygen atoms in total. The molecule has 2 aromatic heterocycles. The minimum atomic E-state index is 0.262. The van der Waals surface area contributed by atoms with Crippen molar-refractivity contribution in [3.63, 3.8) is 0 Å². The topological polar surface area (TPSA) is 47.5 Å². The Morgan fingerprint density at radius 2 is 1.85 bits per heavy atom. The standard InChI is InChI=1S/C21H27N3O2/c1-14-11-18(12-15(2)22-14)17-5-4-8-24(13-17)16(3)19-6-7-20-21(23-19)26-10-9-25-20/h6-7,11-12,16-17H,4-5,8-10,13H2,1-3H3/t16?,17-/m1/s1. The number of ether oxygens (including phenoxy) is 2. The molecule has 1 unspecified atom stereocenters. The minimum Gasteiger partial charge on any atom is -0.484 e. The van der Waals surface area contributed by atoms with Crippen LogP contribution in [0.3, 0.4) is 0 Å². The summed E-state index contributed by atoms with van der Waals surface area (Å²) in [4.78, 5) is 11.8. The Balaban J connectivity index is 1.52. The van der Waals surface area contributed by atoms with Crippen LogP contribution in [0.25, 0.3) is 0 Å². The first-order valence-corrected chi connectivity index (χ1v) is 9.56. The molecule has 0 saturated carbocycles. The lowest BCUT2D eigenvalue weighted by atomic mass is 9.89. The van der Waals surface area contributed by atoms with E-state index in [2.05, 4.69) is 48.9 Å². The Hall–Kier alpha value is -2.14. The zero-order valence-corrected chi connectivity index (χ0v) is 15.9. The summed E-state index contributed by atoms with van der Waals surface area (Å²) in [7, 11) is 0. The molecule has 0 aliphatic carbocycles. The van der Waals surface area contributed by atoms with Gasteiger partial charge in [0.2, 0.25) is 0 Å². The molecule has 2 aliphatic rings. The van der Waals surface area contributed by atoms with Gasteiger partial charge >= 0.3 is 0 Å². The van der Waals surface area contributed by atoms with Gasteiger partial charge in [-0.15, -0.1) is 0 Å². The number of hydrogen-bond donors (Lipinski definition) is 0. The number of aromatic nitrogens is 2. The zero-order chi connectivity index (χ0) is 18.1. The predicted molar refractivity (Wildman–Crippen MR) is 101 cm³/mol. The van der Waals surface area contributed by atoms with Crippen molar-refractivity contribution in [3.8, 4) is 11.6 Å². The number of hydrogen-bond acceptors (Lipinski definition) is 5. The molecule has 0 amide bonds. The second-order valence-corrected chi connectivity index (χ2v) is 7.43. The van der Waals surface area contributed by atoms with Crippen molar-refractivity contribution in [2.24, 2.45) is 0 Å². The third-order valence-electron chi connectivity index (χ3n) is 5.43. The predicted octanol–water partition coefficient (Wildman–Crippen LogP) is 3.81. The van der Waals surface area contributed by atoms with Gasteiger partial charge < -0.3 is 9.47 Å². The number of nitrogens with zero attached hydrogens (tertiary/aromatic N) is 3. The van der Waals surface area contributed by atoms with Gasteiger partial charge in [0, 0.05) is 24.0 Å². The Kier molecular flexibility index (Phi) is 4.81. The average molecular weight is 353 g/mol. The highest BCUT2D eigenvalue weighted by Gasteiger charge is 2.27. The van der Waals surface area contributed by atoms with Gasteiger partial charge in [-0.25, -0.2) is 4.98 Å². The molecule has 4 heterocycles. The number of aryl methyl sites for hydroxylation is 2. The highest BCUT2D eigenvalue weighted by Crippen LogP contribution is 2.34. The van der Waals surface area contributed by atoms with Gasteiger partial charge in [0.1, 0.15) is 13.2 Å². The van der Waals surface area contributed by atoms with Crippen LogP contribution in [0.15, 0.2) is 24.3 Å². The van der Waals surface area contributed by atoms with Gasteiger partial charge in [0.25, 0.3) is 5.88 Å². The van der Waals surface area contributed by atoms with Gasteiger partial charge in [-0.1, -0.05) is 0 Å². The maximum atomic E-state index is 5.66. The molecule has 0 aromatic carbocycles. The Morgan fingerprint density at radius 3 is 2.65 bits per heavy atom. The number of fused-ring (bicyclic) bond motifs is 1. The first kappa shape index (κ1) is 17.3. The molecule has 2 aliphatic heterocycles. The van der Waals surface area contributed by atoms with Gasteiger partial charge in [-0.3, -0.25) is 9.88 Å². The third kappa shape index (κ3) is 3.54. The lowest BCUT2D eigenvalue weighted by Gasteiger charge is -2.37. The van der Waals surface area contributed by atoms with Crippen molar-refractivity contribution >= 4 is 0 Å². The van der Waals surface area contributed by atoms with Gasteiger partial charge in [0.05, 0.1) is 5.69 Å². The van der Waals surface area contributed by atoms with Crippen molar-refractivity contribution in [1.29, 1.82) is 0 Å². The highest BCUT2D eigenvalue weighted by molar-refractivity contribution is 5.36. The minimum absolute atomic E-state index is 0.262. The Labute approximate surface area is 155 Å². The maximum absolute atomic E-state index is 5.66. The summed E-state index contributed by atoms with van der Waals surface area (Å²) in [6.45, 7) is 9.74. The molecule has 2 atom stereocenters. The molecule has 4 rings (SSSR count).